The summed E-state index contributed by atoms with van der Waals surface area (Å²) in [5.41, 5.74) is 0.784. The topological polar surface area (TPSA) is 87.1 Å². The number of carboxylic acid groups (broad SMARTS) is 1. The number of amides is 1. The van der Waals surface area contributed by atoms with Gasteiger partial charge in [0.25, 0.3) is 5.91 Å². The number of carbonyl (C=O) groups is 2. The van der Waals surface area contributed by atoms with Crippen molar-refractivity contribution in [2.24, 2.45) is 0 Å². The highest BCUT2D eigenvalue weighted by molar-refractivity contribution is 6.30. The summed E-state index contributed by atoms with van der Waals surface area (Å²) in [4.78, 5) is 24.3. The summed E-state index contributed by atoms with van der Waals surface area (Å²) in [7, 11) is 0. The van der Waals surface area contributed by atoms with Crippen LogP contribution in [0.25, 0.3) is 0 Å². The number of likely N-dealkylation sites (tertiary alicyclic amines) is 1. The molecule has 6 nitrogen and oxygen atoms in total. The van der Waals surface area contributed by atoms with Gasteiger partial charge in [-0.25, -0.2) is 4.79 Å². The molecule has 1 heterocycles. The van der Waals surface area contributed by atoms with Gasteiger partial charge in [-0.2, -0.15) is 0 Å². The van der Waals surface area contributed by atoms with E-state index in [9.17, 15) is 14.7 Å². The number of hydrogen-bond donors (Lipinski definition) is 2. The summed E-state index contributed by atoms with van der Waals surface area (Å²) in [5.74, 6) is -1.07. The molecule has 2 rings (SSSR count). The van der Waals surface area contributed by atoms with E-state index in [2.05, 4.69) is 0 Å². The number of aliphatic hydroxyl groups excluding tert-OH is 1. The van der Waals surface area contributed by atoms with E-state index in [1.807, 2.05) is 0 Å². The largest absolute Gasteiger partial charge is 0.483 e. The number of aryl methyl sites for hydroxylation is 1. The van der Waals surface area contributed by atoms with Gasteiger partial charge in [-0.15, -0.1) is 0 Å². The van der Waals surface area contributed by atoms with Gasteiger partial charge in [-0.3, -0.25) is 4.79 Å². The number of aliphatic carboxylic acids is 1. The molecule has 114 valence electrons. The van der Waals surface area contributed by atoms with Crippen LogP contribution in [0.15, 0.2) is 18.2 Å². The molecule has 1 saturated heterocycles. The van der Waals surface area contributed by atoms with E-state index in [-0.39, 0.29) is 19.6 Å². The average molecular weight is 314 g/mol. The van der Waals surface area contributed by atoms with E-state index >= 15 is 0 Å². The minimum absolute atomic E-state index is 0.0127. The number of benzene rings is 1. The molecule has 2 N–H and O–H groups in total. The molecular weight excluding hydrogens is 298 g/mol. The van der Waals surface area contributed by atoms with Crippen molar-refractivity contribution in [1.29, 1.82) is 0 Å². The highest BCUT2D eigenvalue weighted by Gasteiger charge is 2.38. The van der Waals surface area contributed by atoms with Gasteiger partial charge in [0.05, 0.1) is 6.10 Å². The maximum absolute atomic E-state index is 12.1. The van der Waals surface area contributed by atoms with E-state index < -0.39 is 24.0 Å². The Labute approximate surface area is 126 Å². The molecule has 0 bridgehead atoms. The predicted molar refractivity (Wildman–Crippen MR) is 75.4 cm³/mol. The molecule has 1 aromatic rings. The van der Waals surface area contributed by atoms with Crippen LogP contribution >= 0.6 is 11.6 Å². The minimum atomic E-state index is -1.12. The fourth-order valence-electron chi connectivity index (χ4n) is 2.32. The van der Waals surface area contributed by atoms with Crippen molar-refractivity contribution in [3.63, 3.8) is 0 Å². The Balaban J connectivity index is 1.99. The van der Waals surface area contributed by atoms with Crippen LogP contribution in [0, 0.1) is 6.92 Å². The Hall–Kier alpha value is -1.79. The molecule has 0 aromatic heterocycles. The van der Waals surface area contributed by atoms with Crippen LogP contribution < -0.4 is 4.74 Å². The number of nitrogens with zero attached hydrogens (tertiary/aromatic N) is 1. The van der Waals surface area contributed by atoms with Gasteiger partial charge >= 0.3 is 5.97 Å². The summed E-state index contributed by atoms with van der Waals surface area (Å²) in [6.07, 6.45) is -0.770. The van der Waals surface area contributed by atoms with Gasteiger partial charge in [0.15, 0.2) is 6.61 Å². The van der Waals surface area contributed by atoms with Crippen molar-refractivity contribution in [3.05, 3.63) is 28.8 Å². The second-order valence-corrected chi connectivity index (χ2v) is 5.42. The Morgan fingerprint density at radius 3 is 2.81 bits per heavy atom. The Morgan fingerprint density at radius 2 is 2.19 bits per heavy atom. The first-order valence-corrected chi connectivity index (χ1v) is 6.85. The summed E-state index contributed by atoms with van der Waals surface area (Å²) in [5, 5.41) is 19.1. The molecule has 0 aliphatic carbocycles. The monoisotopic (exact) mass is 313 g/mol. The third-order valence-corrected chi connectivity index (χ3v) is 3.61. The van der Waals surface area contributed by atoms with Gasteiger partial charge in [0, 0.05) is 18.0 Å². The van der Waals surface area contributed by atoms with Gasteiger partial charge in [0.1, 0.15) is 11.8 Å². The number of halogens is 1. The van der Waals surface area contributed by atoms with Gasteiger partial charge < -0.3 is 19.8 Å². The molecule has 0 spiro atoms. The van der Waals surface area contributed by atoms with E-state index in [1.54, 1.807) is 25.1 Å². The zero-order valence-corrected chi connectivity index (χ0v) is 12.2. The normalized spacial score (nSPS) is 21.4. The Kier molecular flexibility index (Phi) is 4.69. The number of rotatable bonds is 4. The molecular formula is C14H16ClNO5. The highest BCUT2D eigenvalue weighted by Crippen LogP contribution is 2.23. The maximum atomic E-state index is 12.1. The van der Waals surface area contributed by atoms with Crippen LogP contribution in [0.1, 0.15) is 12.0 Å². The summed E-state index contributed by atoms with van der Waals surface area (Å²) in [6.45, 7) is 1.53. The van der Waals surface area contributed by atoms with Crippen LogP contribution in [-0.2, 0) is 9.59 Å². The maximum Gasteiger partial charge on any atom is 0.326 e. The SMILES string of the molecule is Cc1cc(Cl)ccc1OCC(=O)N1CC(O)C[C@H]1C(=O)O. The molecule has 1 unspecified atom stereocenters. The zero-order chi connectivity index (χ0) is 15.6. The highest BCUT2D eigenvalue weighted by atomic mass is 35.5. The molecule has 1 aromatic carbocycles. The van der Waals surface area contributed by atoms with Crippen molar-refractivity contribution < 1.29 is 24.5 Å². The first-order valence-electron chi connectivity index (χ1n) is 6.47. The van der Waals surface area contributed by atoms with Crippen LogP contribution in [0.3, 0.4) is 0 Å². The third-order valence-electron chi connectivity index (χ3n) is 3.37. The molecule has 1 aliphatic rings. The lowest BCUT2D eigenvalue weighted by Gasteiger charge is -2.21. The summed E-state index contributed by atoms with van der Waals surface area (Å²) < 4.78 is 5.40. The van der Waals surface area contributed by atoms with Crippen LogP contribution in [-0.4, -0.2) is 52.3 Å². The first-order chi connectivity index (χ1) is 9.88. The lowest BCUT2D eigenvalue weighted by molar-refractivity contribution is -0.149. The Morgan fingerprint density at radius 1 is 1.48 bits per heavy atom. The molecule has 0 saturated carbocycles. The molecule has 2 atom stereocenters. The molecule has 1 fully saturated rings. The zero-order valence-electron chi connectivity index (χ0n) is 11.5. The van der Waals surface area contributed by atoms with Crippen molar-refractivity contribution in [3.8, 4) is 5.75 Å². The molecule has 21 heavy (non-hydrogen) atoms. The fraction of sp³-hybridized carbons (Fsp3) is 0.429. The molecule has 1 amide bonds. The fourth-order valence-corrected chi connectivity index (χ4v) is 2.55. The number of aliphatic hydroxyl groups is 1. The van der Waals surface area contributed by atoms with Gasteiger partial charge in [-0.1, -0.05) is 11.6 Å². The predicted octanol–water partition coefficient (Wildman–Crippen LogP) is 1.07. The smallest absolute Gasteiger partial charge is 0.326 e. The number of hydrogen-bond acceptors (Lipinski definition) is 4. The quantitative estimate of drug-likeness (QED) is 0.868. The summed E-state index contributed by atoms with van der Waals surface area (Å²) >= 11 is 5.83. The average Bonchev–Trinajstić information content (AvgIpc) is 2.80. The number of β-amino-alcohol motifs (C(OH)–C–C–N with tert-alkyl or cyclic N) is 1. The van der Waals surface area contributed by atoms with E-state index in [1.165, 1.54) is 0 Å². The third kappa shape index (κ3) is 3.65. The summed E-state index contributed by atoms with van der Waals surface area (Å²) in [6, 6.07) is 4.01. The van der Waals surface area contributed by atoms with Crippen molar-refractivity contribution in [1.82, 2.24) is 4.90 Å². The van der Waals surface area contributed by atoms with E-state index in [0.717, 1.165) is 10.5 Å². The van der Waals surface area contributed by atoms with Crippen molar-refractivity contribution >= 4 is 23.5 Å². The second-order valence-electron chi connectivity index (χ2n) is 4.99. The van der Waals surface area contributed by atoms with Crippen LogP contribution in [0.2, 0.25) is 5.02 Å². The number of carbonyl (C=O) groups excluding carboxylic acids is 1. The molecule has 0 radical (unpaired) electrons. The van der Waals surface area contributed by atoms with Crippen molar-refractivity contribution in [2.45, 2.75) is 25.5 Å². The van der Waals surface area contributed by atoms with Crippen LogP contribution in [0.5, 0.6) is 5.75 Å². The van der Waals surface area contributed by atoms with E-state index in [4.69, 9.17) is 21.4 Å². The Bertz CT molecular complexity index is 562. The number of carboxylic acids is 1. The minimum Gasteiger partial charge on any atom is -0.483 e. The lowest BCUT2D eigenvalue weighted by Crippen LogP contribution is -2.43. The standard InChI is InChI=1S/C14H16ClNO5/c1-8-4-9(15)2-3-12(8)21-7-13(18)16-6-10(17)5-11(16)14(19)20/h2-4,10-11,17H,5-7H2,1H3,(H,19,20)/t10?,11-/m0/s1. The molecule has 1 aliphatic heterocycles. The van der Waals surface area contributed by atoms with E-state index in [0.29, 0.717) is 10.8 Å². The first kappa shape index (κ1) is 15.6. The number of ether oxygens (including phenoxy) is 1. The van der Waals surface area contributed by atoms with Crippen LogP contribution in [0.4, 0.5) is 0 Å². The van der Waals surface area contributed by atoms with Gasteiger partial charge in [0.2, 0.25) is 0 Å². The second kappa shape index (κ2) is 6.32. The van der Waals surface area contributed by atoms with Crippen molar-refractivity contribution in [2.75, 3.05) is 13.2 Å². The lowest BCUT2D eigenvalue weighted by atomic mass is 10.2. The van der Waals surface area contributed by atoms with Gasteiger partial charge in [-0.05, 0) is 30.7 Å². The molecule has 7 heteroatoms.